The van der Waals surface area contributed by atoms with Crippen LogP contribution in [-0.2, 0) is 12.5 Å². The van der Waals surface area contributed by atoms with Crippen LogP contribution in [0.5, 0.6) is 5.75 Å². The van der Waals surface area contributed by atoms with Crippen molar-refractivity contribution in [2.75, 3.05) is 0 Å². The summed E-state index contributed by atoms with van der Waals surface area (Å²) in [5, 5.41) is 12.6. The Kier molecular flexibility index (Phi) is 4.17. The molecule has 0 radical (unpaired) electrons. The molecule has 6 heteroatoms. The van der Waals surface area contributed by atoms with Crippen LogP contribution < -0.4 is 4.74 Å². The van der Waals surface area contributed by atoms with Gasteiger partial charge in [-0.3, -0.25) is 10.1 Å². The predicted octanol–water partition coefficient (Wildman–Crippen LogP) is 3.97. The van der Waals surface area contributed by atoms with E-state index in [1.54, 1.807) is 17.4 Å². The van der Waals surface area contributed by atoms with Crippen LogP contribution in [0.4, 0.5) is 5.69 Å². The molecule has 0 aliphatic heterocycles. The number of halogens is 1. The fourth-order valence-electron chi connectivity index (χ4n) is 1.47. The standard InChI is InChI=1S/C12H10ClNO3S/c13-7-9-6-10(14(15)16)3-4-12(9)17-8-11-2-1-5-18-11/h1-6H,7-8H2. The van der Waals surface area contributed by atoms with Crippen LogP contribution in [0.3, 0.4) is 0 Å². The summed E-state index contributed by atoms with van der Waals surface area (Å²) in [7, 11) is 0. The summed E-state index contributed by atoms with van der Waals surface area (Å²) in [5.41, 5.74) is 0.650. The Morgan fingerprint density at radius 1 is 1.39 bits per heavy atom. The van der Waals surface area contributed by atoms with Crippen molar-refractivity contribution in [1.82, 2.24) is 0 Å². The van der Waals surface area contributed by atoms with E-state index in [9.17, 15) is 10.1 Å². The maximum absolute atomic E-state index is 10.6. The molecule has 1 aromatic carbocycles. The monoisotopic (exact) mass is 283 g/mol. The lowest BCUT2D eigenvalue weighted by Crippen LogP contribution is -1.97. The van der Waals surface area contributed by atoms with Gasteiger partial charge in [0.15, 0.2) is 0 Å². The van der Waals surface area contributed by atoms with E-state index in [1.807, 2.05) is 17.5 Å². The van der Waals surface area contributed by atoms with Gasteiger partial charge in [-0.05, 0) is 17.5 Å². The zero-order valence-corrected chi connectivity index (χ0v) is 10.9. The Labute approximate surface area is 113 Å². The number of nitrogens with zero attached hydrogens (tertiary/aromatic N) is 1. The number of ether oxygens (including phenoxy) is 1. The van der Waals surface area contributed by atoms with Crippen molar-refractivity contribution < 1.29 is 9.66 Å². The first kappa shape index (κ1) is 12.9. The van der Waals surface area contributed by atoms with E-state index in [2.05, 4.69) is 0 Å². The van der Waals surface area contributed by atoms with Gasteiger partial charge in [0, 0.05) is 22.6 Å². The topological polar surface area (TPSA) is 52.4 Å². The van der Waals surface area contributed by atoms with Crippen LogP contribution in [0.2, 0.25) is 0 Å². The summed E-state index contributed by atoms with van der Waals surface area (Å²) < 4.78 is 5.61. The van der Waals surface area contributed by atoms with Crippen LogP contribution in [0.25, 0.3) is 0 Å². The number of rotatable bonds is 5. The summed E-state index contributed by atoms with van der Waals surface area (Å²) in [5.74, 6) is 0.769. The van der Waals surface area contributed by atoms with Crippen LogP contribution in [0.15, 0.2) is 35.7 Å². The summed E-state index contributed by atoms with van der Waals surface area (Å²) in [6.45, 7) is 0.444. The highest BCUT2D eigenvalue weighted by Crippen LogP contribution is 2.26. The van der Waals surface area contributed by atoms with Gasteiger partial charge in [0.05, 0.1) is 10.8 Å². The van der Waals surface area contributed by atoms with Crippen LogP contribution in [0, 0.1) is 10.1 Å². The molecule has 0 N–H and O–H groups in total. The Bertz CT molecular complexity index is 542. The Morgan fingerprint density at radius 3 is 2.83 bits per heavy atom. The normalized spacial score (nSPS) is 10.3. The van der Waals surface area contributed by atoms with Crippen molar-refractivity contribution in [3.63, 3.8) is 0 Å². The number of nitro groups is 1. The molecule has 0 fully saturated rings. The van der Waals surface area contributed by atoms with Crippen molar-refractivity contribution in [3.8, 4) is 5.75 Å². The largest absolute Gasteiger partial charge is 0.488 e. The number of thiophene rings is 1. The Hall–Kier alpha value is -1.59. The summed E-state index contributed by atoms with van der Waals surface area (Å²) >= 11 is 7.37. The minimum Gasteiger partial charge on any atom is -0.488 e. The molecule has 94 valence electrons. The second kappa shape index (κ2) is 5.84. The number of non-ortho nitro benzene ring substituents is 1. The number of benzene rings is 1. The first-order chi connectivity index (χ1) is 8.70. The lowest BCUT2D eigenvalue weighted by Gasteiger charge is -2.08. The van der Waals surface area contributed by atoms with Gasteiger partial charge in [0.25, 0.3) is 5.69 Å². The van der Waals surface area contributed by atoms with Gasteiger partial charge in [-0.25, -0.2) is 0 Å². The first-order valence-corrected chi connectivity index (χ1v) is 6.60. The fraction of sp³-hybridized carbons (Fsp3) is 0.167. The molecule has 0 unspecified atom stereocenters. The molecule has 0 atom stereocenters. The molecule has 0 aliphatic carbocycles. The van der Waals surface area contributed by atoms with E-state index in [0.29, 0.717) is 17.9 Å². The van der Waals surface area contributed by atoms with E-state index in [4.69, 9.17) is 16.3 Å². The molecular weight excluding hydrogens is 274 g/mol. The molecule has 2 rings (SSSR count). The molecule has 0 saturated carbocycles. The maximum atomic E-state index is 10.6. The third kappa shape index (κ3) is 3.00. The van der Waals surface area contributed by atoms with Crippen molar-refractivity contribution in [3.05, 3.63) is 56.3 Å². The highest BCUT2D eigenvalue weighted by molar-refractivity contribution is 7.09. The summed E-state index contributed by atoms with van der Waals surface area (Å²) in [6, 6.07) is 8.36. The molecule has 1 aromatic heterocycles. The highest BCUT2D eigenvalue weighted by atomic mass is 35.5. The molecule has 0 spiro atoms. The summed E-state index contributed by atoms with van der Waals surface area (Å²) in [4.78, 5) is 11.3. The quantitative estimate of drug-likeness (QED) is 0.474. The molecular formula is C12H10ClNO3S. The van der Waals surface area contributed by atoms with Crippen molar-refractivity contribution in [2.45, 2.75) is 12.5 Å². The van der Waals surface area contributed by atoms with Gasteiger partial charge >= 0.3 is 0 Å². The molecule has 0 saturated heterocycles. The Balaban J connectivity index is 2.14. The summed E-state index contributed by atoms with van der Waals surface area (Å²) in [6.07, 6.45) is 0. The minimum absolute atomic E-state index is 0.0223. The van der Waals surface area contributed by atoms with Gasteiger partial charge in [0.1, 0.15) is 12.4 Å². The van der Waals surface area contributed by atoms with Crippen molar-refractivity contribution >= 4 is 28.6 Å². The molecule has 1 heterocycles. The lowest BCUT2D eigenvalue weighted by atomic mass is 10.2. The second-order valence-electron chi connectivity index (χ2n) is 3.55. The van der Waals surface area contributed by atoms with Crippen LogP contribution >= 0.6 is 22.9 Å². The molecule has 18 heavy (non-hydrogen) atoms. The van der Waals surface area contributed by atoms with Gasteiger partial charge in [-0.2, -0.15) is 0 Å². The number of hydrogen-bond acceptors (Lipinski definition) is 4. The third-order valence-electron chi connectivity index (χ3n) is 2.35. The van der Waals surface area contributed by atoms with E-state index in [-0.39, 0.29) is 11.6 Å². The highest BCUT2D eigenvalue weighted by Gasteiger charge is 2.11. The predicted molar refractivity (Wildman–Crippen MR) is 71.3 cm³/mol. The van der Waals surface area contributed by atoms with Gasteiger partial charge in [0.2, 0.25) is 0 Å². The van der Waals surface area contributed by atoms with Gasteiger partial charge in [-0.1, -0.05) is 6.07 Å². The van der Waals surface area contributed by atoms with E-state index in [1.165, 1.54) is 12.1 Å². The van der Waals surface area contributed by atoms with Crippen molar-refractivity contribution in [1.29, 1.82) is 0 Å². The smallest absolute Gasteiger partial charge is 0.270 e. The number of nitro benzene ring substituents is 1. The number of hydrogen-bond donors (Lipinski definition) is 0. The van der Waals surface area contributed by atoms with Crippen molar-refractivity contribution in [2.24, 2.45) is 0 Å². The van der Waals surface area contributed by atoms with E-state index >= 15 is 0 Å². The average Bonchev–Trinajstić information content (AvgIpc) is 2.89. The number of alkyl halides is 1. The van der Waals surface area contributed by atoms with E-state index in [0.717, 1.165) is 4.88 Å². The van der Waals surface area contributed by atoms with Crippen LogP contribution in [-0.4, -0.2) is 4.92 Å². The zero-order valence-electron chi connectivity index (χ0n) is 9.34. The average molecular weight is 284 g/mol. The molecule has 2 aromatic rings. The first-order valence-electron chi connectivity index (χ1n) is 5.19. The molecule has 0 bridgehead atoms. The van der Waals surface area contributed by atoms with Gasteiger partial charge in [-0.15, -0.1) is 22.9 Å². The lowest BCUT2D eigenvalue weighted by molar-refractivity contribution is -0.384. The SMILES string of the molecule is O=[N+]([O-])c1ccc(OCc2cccs2)c(CCl)c1. The Morgan fingerprint density at radius 2 is 2.22 bits per heavy atom. The second-order valence-corrected chi connectivity index (χ2v) is 4.85. The third-order valence-corrected chi connectivity index (χ3v) is 3.49. The fourth-order valence-corrected chi connectivity index (χ4v) is 2.29. The zero-order chi connectivity index (χ0) is 13.0. The maximum Gasteiger partial charge on any atom is 0.270 e. The van der Waals surface area contributed by atoms with Gasteiger partial charge < -0.3 is 4.74 Å². The minimum atomic E-state index is -0.445. The molecule has 4 nitrogen and oxygen atoms in total. The van der Waals surface area contributed by atoms with E-state index < -0.39 is 4.92 Å². The molecule has 0 amide bonds. The molecule has 0 aliphatic rings. The van der Waals surface area contributed by atoms with Crippen LogP contribution in [0.1, 0.15) is 10.4 Å².